The van der Waals surface area contributed by atoms with Crippen LogP contribution in [-0.4, -0.2) is 22.8 Å². The van der Waals surface area contributed by atoms with E-state index >= 15 is 0 Å². The van der Waals surface area contributed by atoms with Gasteiger partial charge in [-0.15, -0.1) is 11.3 Å². The molecule has 0 aromatic carbocycles. The highest BCUT2D eigenvalue weighted by Gasteiger charge is 2.07. The van der Waals surface area contributed by atoms with Crippen molar-refractivity contribution in [2.75, 3.05) is 12.0 Å². The first-order chi connectivity index (χ1) is 5.24. The predicted molar refractivity (Wildman–Crippen MR) is 49.6 cm³/mol. The van der Waals surface area contributed by atoms with E-state index in [0.29, 0.717) is 11.4 Å². The molecule has 0 aliphatic heterocycles. The van der Waals surface area contributed by atoms with Crippen LogP contribution in [0.2, 0.25) is 0 Å². The second-order valence-electron chi connectivity index (χ2n) is 2.11. The van der Waals surface area contributed by atoms with Gasteiger partial charge in [0.15, 0.2) is 5.78 Å². The van der Waals surface area contributed by atoms with Crippen LogP contribution in [0.25, 0.3) is 0 Å². The van der Waals surface area contributed by atoms with Crippen LogP contribution in [0.3, 0.4) is 0 Å². The molecule has 1 aromatic heterocycles. The van der Waals surface area contributed by atoms with Crippen LogP contribution < -0.4 is 0 Å². The van der Waals surface area contributed by atoms with Crippen molar-refractivity contribution in [3.63, 3.8) is 0 Å². The number of ketones is 1. The molecule has 11 heavy (non-hydrogen) atoms. The molecular formula is C7H9NOS2. The normalized spacial score (nSPS) is 10.0. The first-order valence-corrected chi connectivity index (χ1v) is 5.45. The van der Waals surface area contributed by atoms with Gasteiger partial charge in [-0.1, -0.05) is 0 Å². The summed E-state index contributed by atoms with van der Waals surface area (Å²) in [5.74, 6) is 0.658. The largest absolute Gasteiger partial charge is 0.291 e. The fraction of sp³-hybridized carbons (Fsp3) is 0.429. The lowest BCUT2D eigenvalue weighted by atomic mass is 10.3. The summed E-state index contributed by atoms with van der Waals surface area (Å²) in [6.45, 7) is 1.90. The van der Waals surface area contributed by atoms with Crippen LogP contribution in [0.1, 0.15) is 15.5 Å². The summed E-state index contributed by atoms with van der Waals surface area (Å²) in [4.78, 5) is 15.3. The first kappa shape index (κ1) is 8.74. The predicted octanol–water partition coefficient (Wildman–Crippen LogP) is 2.00. The Labute approximate surface area is 74.0 Å². The molecule has 0 radical (unpaired) electrons. The molecule has 4 heteroatoms. The Hall–Kier alpha value is -0.350. The van der Waals surface area contributed by atoms with Gasteiger partial charge in [0, 0.05) is 5.38 Å². The summed E-state index contributed by atoms with van der Waals surface area (Å²) < 4.78 is 0. The van der Waals surface area contributed by atoms with Crippen LogP contribution in [-0.2, 0) is 0 Å². The van der Waals surface area contributed by atoms with E-state index in [0.717, 1.165) is 5.01 Å². The fourth-order valence-electron chi connectivity index (χ4n) is 0.697. The zero-order chi connectivity index (χ0) is 8.27. The molecule has 0 amide bonds. The number of carbonyl (C=O) groups is 1. The number of aromatic nitrogens is 1. The minimum atomic E-state index is 0.127. The first-order valence-electron chi connectivity index (χ1n) is 3.18. The number of carbonyl (C=O) groups excluding carboxylic acids is 1. The number of thiazole rings is 1. The van der Waals surface area contributed by atoms with Crippen molar-refractivity contribution in [1.29, 1.82) is 0 Å². The van der Waals surface area contributed by atoms with Crippen LogP contribution >= 0.6 is 23.1 Å². The Morgan fingerprint density at radius 1 is 1.82 bits per heavy atom. The zero-order valence-corrected chi connectivity index (χ0v) is 8.09. The monoisotopic (exact) mass is 187 g/mol. The molecule has 0 saturated carbocycles. The van der Waals surface area contributed by atoms with Gasteiger partial charge in [0.05, 0.1) is 10.8 Å². The molecule has 0 unspecified atom stereocenters. The maximum atomic E-state index is 11.2. The molecule has 1 aromatic rings. The maximum absolute atomic E-state index is 11.2. The van der Waals surface area contributed by atoms with Gasteiger partial charge in [0.2, 0.25) is 0 Å². The van der Waals surface area contributed by atoms with Crippen LogP contribution in [0.4, 0.5) is 0 Å². The van der Waals surface area contributed by atoms with Gasteiger partial charge in [-0.3, -0.25) is 4.79 Å². The Morgan fingerprint density at radius 3 is 3.00 bits per heavy atom. The lowest BCUT2D eigenvalue weighted by Crippen LogP contribution is -2.01. The second-order valence-corrected chi connectivity index (χ2v) is 4.04. The highest BCUT2D eigenvalue weighted by Crippen LogP contribution is 2.10. The van der Waals surface area contributed by atoms with Crippen molar-refractivity contribution < 1.29 is 4.79 Å². The van der Waals surface area contributed by atoms with Gasteiger partial charge in [0.1, 0.15) is 5.69 Å². The quantitative estimate of drug-likeness (QED) is 0.678. The molecule has 0 spiro atoms. The lowest BCUT2D eigenvalue weighted by Gasteiger charge is -1.90. The number of thioether (sulfide) groups is 1. The molecule has 0 saturated heterocycles. The Bertz CT molecular complexity index is 257. The smallest absolute Gasteiger partial charge is 0.191 e. The molecule has 0 bridgehead atoms. The minimum absolute atomic E-state index is 0.127. The summed E-state index contributed by atoms with van der Waals surface area (Å²) in [5, 5.41) is 2.77. The Balaban J connectivity index is 2.69. The van der Waals surface area contributed by atoms with Crippen molar-refractivity contribution in [2.45, 2.75) is 6.92 Å². The molecule has 0 aliphatic carbocycles. The highest BCUT2D eigenvalue weighted by molar-refractivity contribution is 7.99. The molecular weight excluding hydrogens is 178 g/mol. The molecule has 0 aliphatic rings. The number of rotatable bonds is 3. The third kappa shape index (κ3) is 2.31. The number of Topliss-reactive ketones (excluding diaryl/α,β-unsaturated/α-hetero) is 1. The number of nitrogens with zero attached hydrogens (tertiary/aromatic N) is 1. The minimum Gasteiger partial charge on any atom is -0.291 e. The molecule has 2 nitrogen and oxygen atoms in total. The van der Waals surface area contributed by atoms with E-state index in [4.69, 9.17) is 0 Å². The number of hydrogen-bond donors (Lipinski definition) is 0. The van der Waals surface area contributed by atoms with Gasteiger partial charge in [-0.2, -0.15) is 11.8 Å². The van der Waals surface area contributed by atoms with Gasteiger partial charge in [-0.05, 0) is 13.2 Å². The van der Waals surface area contributed by atoms with Crippen molar-refractivity contribution >= 4 is 28.9 Å². The molecule has 60 valence electrons. The van der Waals surface area contributed by atoms with Gasteiger partial charge < -0.3 is 0 Å². The van der Waals surface area contributed by atoms with Crippen LogP contribution in [0.5, 0.6) is 0 Å². The average Bonchev–Trinajstić information content (AvgIpc) is 2.36. The van der Waals surface area contributed by atoms with E-state index in [1.807, 2.05) is 18.6 Å². The van der Waals surface area contributed by atoms with E-state index in [-0.39, 0.29) is 5.78 Å². The van der Waals surface area contributed by atoms with Gasteiger partial charge >= 0.3 is 0 Å². The maximum Gasteiger partial charge on any atom is 0.191 e. The van der Waals surface area contributed by atoms with Crippen LogP contribution in [0, 0.1) is 6.92 Å². The van der Waals surface area contributed by atoms with E-state index < -0.39 is 0 Å². The lowest BCUT2D eigenvalue weighted by molar-refractivity contribution is 0.101. The Kier molecular flexibility index (Phi) is 3.08. The third-order valence-electron chi connectivity index (χ3n) is 1.18. The number of aryl methyl sites for hydroxylation is 1. The summed E-state index contributed by atoms with van der Waals surface area (Å²) in [6.07, 6.45) is 1.91. The fourth-order valence-corrected chi connectivity index (χ4v) is 1.72. The van der Waals surface area contributed by atoms with Crippen molar-refractivity contribution in [2.24, 2.45) is 0 Å². The number of hydrogen-bond acceptors (Lipinski definition) is 4. The third-order valence-corrected chi connectivity index (χ3v) is 2.50. The van der Waals surface area contributed by atoms with E-state index in [1.54, 1.807) is 0 Å². The SMILES string of the molecule is CSCC(=O)c1csc(C)n1. The molecule has 1 rings (SSSR count). The van der Waals surface area contributed by atoms with E-state index in [1.165, 1.54) is 23.1 Å². The van der Waals surface area contributed by atoms with E-state index in [2.05, 4.69) is 4.98 Å². The van der Waals surface area contributed by atoms with Crippen molar-refractivity contribution in [1.82, 2.24) is 4.98 Å². The molecule has 0 fully saturated rings. The Morgan fingerprint density at radius 2 is 2.55 bits per heavy atom. The van der Waals surface area contributed by atoms with Crippen molar-refractivity contribution in [3.8, 4) is 0 Å². The van der Waals surface area contributed by atoms with Crippen molar-refractivity contribution in [3.05, 3.63) is 16.1 Å². The van der Waals surface area contributed by atoms with Gasteiger partial charge in [-0.25, -0.2) is 4.98 Å². The summed E-state index contributed by atoms with van der Waals surface area (Å²) in [7, 11) is 0. The topological polar surface area (TPSA) is 30.0 Å². The van der Waals surface area contributed by atoms with Gasteiger partial charge in [0.25, 0.3) is 0 Å². The molecule has 0 N–H and O–H groups in total. The zero-order valence-electron chi connectivity index (χ0n) is 6.46. The highest BCUT2D eigenvalue weighted by atomic mass is 32.2. The average molecular weight is 187 g/mol. The summed E-state index contributed by atoms with van der Waals surface area (Å²) in [6, 6.07) is 0. The molecule has 1 heterocycles. The standard InChI is InChI=1S/C7H9NOS2/c1-5-8-6(3-11-5)7(9)4-10-2/h3H,4H2,1-2H3. The van der Waals surface area contributed by atoms with E-state index in [9.17, 15) is 4.79 Å². The molecule has 0 atom stereocenters. The summed E-state index contributed by atoms with van der Waals surface area (Å²) in [5.41, 5.74) is 0.613. The summed E-state index contributed by atoms with van der Waals surface area (Å²) >= 11 is 3.05. The van der Waals surface area contributed by atoms with Crippen LogP contribution in [0.15, 0.2) is 5.38 Å². The second kappa shape index (κ2) is 3.88.